The van der Waals surface area contributed by atoms with E-state index in [1.807, 2.05) is 0 Å². The molecule has 1 unspecified atom stereocenters. The van der Waals surface area contributed by atoms with Gasteiger partial charge in [-0.15, -0.1) is 0 Å². The number of anilines is 1. The van der Waals surface area contributed by atoms with Crippen LogP contribution in [-0.4, -0.2) is 49.6 Å². The molecule has 0 bridgehead atoms. The van der Waals surface area contributed by atoms with Crippen LogP contribution < -0.4 is 4.90 Å². The minimum absolute atomic E-state index is 0.0270. The van der Waals surface area contributed by atoms with Gasteiger partial charge in [-0.1, -0.05) is 23.2 Å². The van der Waals surface area contributed by atoms with Gasteiger partial charge in [0.25, 0.3) is 0 Å². The molecule has 0 radical (unpaired) electrons. The van der Waals surface area contributed by atoms with Crippen molar-refractivity contribution in [2.75, 3.05) is 37.7 Å². The van der Waals surface area contributed by atoms with E-state index in [-0.39, 0.29) is 24.2 Å². The number of halogens is 2. The first kappa shape index (κ1) is 15.6. The number of rotatable bonds is 2. The van der Waals surface area contributed by atoms with Crippen molar-refractivity contribution < 1.29 is 14.3 Å². The van der Waals surface area contributed by atoms with Crippen molar-refractivity contribution in [3.8, 4) is 0 Å². The Hall–Kier alpha value is -1.30. The summed E-state index contributed by atoms with van der Waals surface area (Å²) in [4.78, 5) is 28.1. The standard InChI is InChI=1S/C15H16Cl2N2O3/c16-12-2-1-11(8-13(12)17)19-9-10(7-14(19)20)15(21)18-3-5-22-6-4-18/h1-2,8,10H,3-7,9H2. The quantitative estimate of drug-likeness (QED) is 0.827. The number of morpholine rings is 1. The van der Waals surface area contributed by atoms with Crippen molar-refractivity contribution in [3.05, 3.63) is 28.2 Å². The van der Waals surface area contributed by atoms with E-state index in [9.17, 15) is 9.59 Å². The molecule has 1 aromatic rings. The SMILES string of the molecule is O=C(C1CC(=O)N(c2ccc(Cl)c(Cl)c2)C1)N1CCOCC1. The van der Waals surface area contributed by atoms with Gasteiger partial charge in [0.2, 0.25) is 11.8 Å². The fourth-order valence-electron chi connectivity index (χ4n) is 2.82. The number of benzene rings is 1. The lowest BCUT2D eigenvalue weighted by Gasteiger charge is -2.29. The van der Waals surface area contributed by atoms with E-state index >= 15 is 0 Å². The highest BCUT2D eigenvalue weighted by Crippen LogP contribution is 2.31. The molecular formula is C15H16Cl2N2O3. The van der Waals surface area contributed by atoms with E-state index in [0.717, 1.165) is 0 Å². The van der Waals surface area contributed by atoms with Crippen LogP contribution in [0, 0.1) is 5.92 Å². The van der Waals surface area contributed by atoms with Crippen LogP contribution in [0.5, 0.6) is 0 Å². The molecule has 0 aliphatic carbocycles. The summed E-state index contributed by atoms with van der Waals surface area (Å²) in [5.74, 6) is -0.343. The lowest BCUT2D eigenvalue weighted by atomic mass is 10.1. The molecule has 2 aliphatic heterocycles. The molecule has 2 amide bonds. The summed E-state index contributed by atoms with van der Waals surface area (Å²) in [6.45, 7) is 2.69. The van der Waals surface area contributed by atoms with Gasteiger partial charge in [0.1, 0.15) is 0 Å². The van der Waals surface area contributed by atoms with Crippen molar-refractivity contribution >= 4 is 40.7 Å². The Bertz CT molecular complexity index is 602. The van der Waals surface area contributed by atoms with Crippen LogP contribution in [0.15, 0.2) is 18.2 Å². The van der Waals surface area contributed by atoms with E-state index in [1.165, 1.54) is 0 Å². The Balaban J connectivity index is 1.72. The molecule has 2 fully saturated rings. The van der Waals surface area contributed by atoms with Gasteiger partial charge in [0.15, 0.2) is 0 Å². The first-order valence-corrected chi connectivity index (χ1v) is 7.94. The van der Waals surface area contributed by atoms with E-state index in [4.69, 9.17) is 27.9 Å². The Labute approximate surface area is 138 Å². The first-order valence-electron chi connectivity index (χ1n) is 7.18. The largest absolute Gasteiger partial charge is 0.378 e. The number of amides is 2. The molecule has 1 aromatic carbocycles. The molecule has 2 heterocycles. The highest BCUT2D eigenvalue weighted by atomic mass is 35.5. The third-order valence-electron chi connectivity index (χ3n) is 4.01. The van der Waals surface area contributed by atoms with Crippen LogP contribution in [-0.2, 0) is 14.3 Å². The zero-order valence-corrected chi connectivity index (χ0v) is 13.4. The third kappa shape index (κ3) is 3.07. The van der Waals surface area contributed by atoms with Crippen LogP contribution >= 0.6 is 23.2 Å². The lowest BCUT2D eigenvalue weighted by molar-refractivity contribution is -0.139. The highest BCUT2D eigenvalue weighted by molar-refractivity contribution is 6.42. The van der Waals surface area contributed by atoms with Gasteiger partial charge in [-0.2, -0.15) is 0 Å². The number of hydrogen-bond donors (Lipinski definition) is 0. The van der Waals surface area contributed by atoms with Gasteiger partial charge >= 0.3 is 0 Å². The fourth-order valence-corrected chi connectivity index (χ4v) is 3.11. The first-order chi connectivity index (χ1) is 10.6. The van der Waals surface area contributed by atoms with E-state index < -0.39 is 0 Å². The second-order valence-electron chi connectivity index (χ2n) is 5.44. The summed E-state index contributed by atoms with van der Waals surface area (Å²) >= 11 is 11.9. The summed E-state index contributed by atoms with van der Waals surface area (Å²) in [7, 11) is 0. The summed E-state index contributed by atoms with van der Waals surface area (Å²) < 4.78 is 5.25. The van der Waals surface area contributed by atoms with Crippen molar-refractivity contribution in [1.82, 2.24) is 4.90 Å². The smallest absolute Gasteiger partial charge is 0.228 e. The number of hydrogen-bond acceptors (Lipinski definition) is 3. The van der Waals surface area contributed by atoms with E-state index in [0.29, 0.717) is 48.6 Å². The molecule has 0 aromatic heterocycles. The van der Waals surface area contributed by atoms with Gasteiger partial charge in [-0.25, -0.2) is 0 Å². The molecule has 2 aliphatic rings. The Morgan fingerprint density at radius 2 is 1.91 bits per heavy atom. The molecule has 118 valence electrons. The van der Waals surface area contributed by atoms with Gasteiger partial charge < -0.3 is 14.5 Å². The molecule has 1 atom stereocenters. The van der Waals surface area contributed by atoms with Crippen LogP contribution in [0.2, 0.25) is 10.0 Å². The number of nitrogens with zero attached hydrogens (tertiary/aromatic N) is 2. The molecule has 0 spiro atoms. The van der Waals surface area contributed by atoms with Crippen molar-refractivity contribution in [2.24, 2.45) is 5.92 Å². The normalized spacial score (nSPS) is 22.3. The van der Waals surface area contributed by atoms with Crippen LogP contribution in [0.25, 0.3) is 0 Å². The monoisotopic (exact) mass is 342 g/mol. The number of carbonyl (C=O) groups is 2. The Kier molecular flexibility index (Phi) is 4.57. The van der Waals surface area contributed by atoms with Gasteiger partial charge in [0.05, 0.1) is 29.2 Å². The minimum Gasteiger partial charge on any atom is -0.378 e. The van der Waals surface area contributed by atoms with Crippen LogP contribution in [0.4, 0.5) is 5.69 Å². The van der Waals surface area contributed by atoms with Crippen molar-refractivity contribution in [3.63, 3.8) is 0 Å². The second-order valence-corrected chi connectivity index (χ2v) is 6.26. The maximum Gasteiger partial charge on any atom is 0.228 e. The Morgan fingerprint density at radius 3 is 2.59 bits per heavy atom. The van der Waals surface area contributed by atoms with Gasteiger partial charge in [0, 0.05) is 31.7 Å². The Morgan fingerprint density at radius 1 is 1.18 bits per heavy atom. The van der Waals surface area contributed by atoms with Crippen LogP contribution in [0.1, 0.15) is 6.42 Å². The maximum absolute atomic E-state index is 12.5. The molecule has 7 heteroatoms. The minimum atomic E-state index is -0.306. The fraction of sp³-hybridized carbons (Fsp3) is 0.467. The van der Waals surface area contributed by atoms with E-state index in [2.05, 4.69) is 0 Å². The molecular weight excluding hydrogens is 327 g/mol. The van der Waals surface area contributed by atoms with E-state index in [1.54, 1.807) is 28.0 Å². The maximum atomic E-state index is 12.5. The van der Waals surface area contributed by atoms with Crippen molar-refractivity contribution in [2.45, 2.75) is 6.42 Å². The molecule has 5 nitrogen and oxygen atoms in total. The molecule has 22 heavy (non-hydrogen) atoms. The predicted octanol–water partition coefficient (Wildman–Crippen LogP) is 2.21. The summed E-state index contributed by atoms with van der Waals surface area (Å²) in [5, 5.41) is 0.841. The van der Waals surface area contributed by atoms with Crippen LogP contribution in [0.3, 0.4) is 0 Å². The topological polar surface area (TPSA) is 49.9 Å². The number of ether oxygens (including phenoxy) is 1. The second kappa shape index (κ2) is 6.44. The number of carbonyl (C=O) groups excluding carboxylic acids is 2. The molecule has 3 rings (SSSR count). The van der Waals surface area contributed by atoms with Crippen molar-refractivity contribution in [1.29, 1.82) is 0 Å². The predicted molar refractivity (Wildman–Crippen MR) is 84.3 cm³/mol. The molecule has 2 saturated heterocycles. The lowest BCUT2D eigenvalue weighted by Crippen LogP contribution is -2.44. The highest BCUT2D eigenvalue weighted by Gasteiger charge is 2.37. The average molecular weight is 343 g/mol. The summed E-state index contributed by atoms with van der Waals surface area (Å²) in [6.07, 6.45) is 0.233. The summed E-state index contributed by atoms with van der Waals surface area (Å²) in [6, 6.07) is 5.06. The average Bonchev–Trinajstić information content (AvgIpc) is 2.92. The third-order valence-corrected chi connectivity index (χ3v) is 4.75. The van der Waals surface area contributed by atoms with Gasteiger partial charge in [-0.05, 0) is 18.2 Å². The molecule has 0 N–H and O–H groups in total. The zero-order valence-electron chi connectivity index (χ0n) is 11.9. The molecule has 0 saturated carbocycles. The summed E-state index contributed by atoms with van der Waals surface area (Å²) in [5.41, 5.74) is 0.677. The zero-order chi connectivity index (χ0) is 15.7. The van der Waals surface area contributed by atoms with Gasteiger partial charge in [-0.3, -0.25) is 9.59 Å².